The zero-order valence-electron chi connectivity index (χ0n) is 4.50. The predicted molar refractivity (Wildman–Crippen MR) is 36.9 cm³/mol. The minimum Gasteiger partial charge on any atom is -0.303 e. The molecule has 1 aromatic heterocycles. The Kier molecular flexibility index (Phi) is 2.19. The third kappa shape index (κ3) is 1.50. The van der Waals surface area contributed by atoms with Crippen LogP contribution in [0.1, 0.15) is 4.88 Å². The summed E-state index contributed by atoms with van der Waals surface area (Å²) in [4.78, 5) is 14.5. The van der Waals surface area contributed by atoms with Gasteiger partial charge in [-0.05, 0) is 0 Å². The Morgan fingerprint density at radius 2 is 2.67 bits per heavy atom. The molecule has 0 N–H and O–H groups in total. The highest BCUT2D eigenvalue weighted by Gasteiger charge is 1.99. The van der Waals surface area contributed by atoms with Gasteiger partial charge in [0.1, 0.15) is 11.4 Å². The molecule has 0 aromatic carbocycles. The molecule has 48 valence electrons. The van der Waals surface area contributed by atoms with Gasteiger partial charge in [-0.25, -0.2) is 4.98 Å². The lowest BCUT2D eigenvalue weighted by Gasteiger charge is -1.82. The first kappa shape index (κ1) is 6.71. The van der Waals surface area contributed by atoms with E-state index in [9.17, 15) is 4.79 Å². The first-order chi connectivity index (χ1) is 4.34. The maximum atomic E-state index is 9.94. The Balaban J connectivity index is 2.80. The number of aromatic nitrogens is 1. The SMILES string of the molecule is O=CCc1scnc1Cl. The molecule has 0 radical (unpaired) electrons. The van der Waals surface area contributed by atoms with E-state index in [4.69, 9.17) is 11.6 Å². The van der Waals surface area contributed by atoms with Crippen LogP contribution in [0.15, 0.2) is 5.51 Å². The highest BCUT2D eigenvalue weighted by Crippen LogP contribution is 2.17. The summed E-state index contributed by atoms with van der Waals surface area (Å²) in [6.45, 7) is 0. The van der Waals surface area contributed by atoms with Crippen LogP contribution in [0.2, 0.25) is 5.15 Å². The van der Waals surface area contributed by atoms with E-state index in [1.807, 2.05) is 0 Å². The Morgan fingerprint density at radius 3 is 3.11 bits per heavy atom. The van der Waals surface area contributed by atoms with E-state index in [1.165, 1.54) is 11.3 Å². The third-order valence-electron chi connectivity index (χ3n) is 0.860. The fraction of sp³-hybridized carbons (Fsp3) is 0.200. The van der Waals surface area contributed by atoms with E-state index < -0.39 is 0 Å². The molecular formula is C5H4ClNOS. The van der Waals surface area contributed by atoms with Crippen LogP contribution in [-0.2, 0) is 11.2 Å². The van der Waals surface area contributed by atoms with Crippen LogP contribution in [0.4, 0.5) is 0 Å². The van der Waals surface area contributed by atoms with Gasteiger partial charge in [0, 0.05) is 6.42 Å². The molecule has 0 unspecified atom stereocenters. The van der Waals surface area contributed by atoms with E-state index in [1.54, 1.807) is 5.51 Å². The van der Waals surface area contributed by atoms with Crippen molar-refractivity contribution in [1.29, 1.82) is 0 Å². The van der Waals surface area contributed by atoms with Gasteiger partial charge in [-0.3, -0.25) is 0 Å². The topological polar surface area (TPSA) is 30.0 Å². The molecule has 9 heavy (non-hydrogen) atoms. The van der Waals surface area contributed by atoms with Crippen LogP contribution < -0.4 is 0 Å². The maximum Gasteiger partial charge on any atom is 0.143 e. The number of halogens is 1. The van der Waals surface area contributed by atoms with Gasteiger partial charge in [0.25, 0.3) is 0 Å². The molecule has 2 nitrogen and oxygen atoms in total. The van der Waals surface area contributed by atoms with Crippen LogP contribution in [0, 0.1) is 0 Å². The smallest absolute Gasteiger partial charge is 0.143 e. The van der Waals surface area contributed by atoms with Gasteiger partial charge in [-0.15, -0.1) is 11.3 Å². The predicted octanol–water partition coefficient (Wildman–Crippen LogP) is 1.54. The molecule has 0 spiro atoms. The number of thiazole rings is 1. The Morgan fingerprint density at radius 1 is 1.89 bits per heavy atom. The molecular weight excluding hydrogens is 158 g/mol. The first-order valence-electron chi connectivity index (χ1n) is 2.36. The molecule has 4 heteroatoms. The first-order valence-corrected chi connectivity index (χ1v) is 3.62. The molecule has 0 saturated carbocycles. The largest absolute Gasteiger partial charge is 0.303 e. The zero-order chi connectivity index (χ0) is 6.69. The van der Waals surface area contributed by atoms with E-state index in [0.29, 0.717) is 11.6 Å². The van der Waals surface area contributed by atoms with Gasteiger partial charge in [-0.2, -0.15) is 0 Å². The van der Waals surface area contributed by atoms with Crippen LogP contribution in [0.3, 0.4) is 0 Å². The summed E-state index contributed by atoms with van der Waals surface area (Å²) in [5, 5.41) is 0.451. The van der Waals surface area contributed by atoms with Gasteiger partial charge < -0.3 is 4.79 Å². The van der Waals surface area contributed by atoms with Crippen molar-refractivity contribution < 1.29 is 4.79 Å². The van der Waals surface area contributed by atoms with E-state index in [0.717, 1.165) is 11.2 Å². The molecule has 0 bridgehead atoms. The summed E-state index contributed by atoms with van der Waals surface area (Å²) in [5.74, 6) is 0. The van der Waals surface area contributed by atoms with E-state index in [-0.39, 0.29) is 0 Å². The third-order valence-corrected chi connectivity index (χ3v) is 2.15. The maximum absolute atomic E-state index is 9.94. The van der Waals surface area contributed by atoms with Crippen molar-refractivity contribution in [1.82, 2.24) is 4.98 Å². The van der Waals surface area contributed by atoms with Gasteiger partial charge in [0.2, 0.25) is 0 Å². The van der Waals surface area contributed by atoms with Gasteiger partial charge in [0.05, 0.1) is 10.4 Å². The van der Waals surface area contributed by atoms with Crippen molar-refractivity contribution in [3.05, 3.63) is 15.5 Å². The lowest BCUT2D eigenvalue weighted by molar-refractivity contribution is -0.107. The summed E-state index contributed by atoms with van der Waals surface area (Å²) in [6.07, 6.45) is 1.20. The average Bonchev–Trinajstić information content (AvgIpc) is 2.18. The average molecular weight is 162 g/mol. The zero-order valence-corrected chi connectivity index (χ0v) is 6.08. The molecule has 0 saturated heterocycles. The molecule has 1 heterocycles. The molecule has 0 aliphatic heterocycles. The molecule has 0 aliphatic carbocycles. The van der Waals surface area contributed by atoms with Crippen molar-refractivity contribution >= 4 is 29.2 Å². The number of hydrogen-bond acceptors (Lipinski definition) is 3. The molecule has 1 aromatic rings. The molecule has 0 atom stereocenters. The number of carbonyl (C=O) groups is 1. The number of rotatable bonds is 2. The second-order valence-electron chi connectivity index (χ2n) is 1.44. The quantitative estimate of drug-likeness (QED) is 0.616. The van der Waals surface area contributed by atoms with Crippen LogP contribution in [-0.4, -0.2) is 11.3 Å². The van der Waals surface area contributed by atoms with Crippen molar-refractivity contribution in [2.75, 3.05) is 0 Å². The Labute approximate surface area is 61.5 Å². The number of aldehydes is 1. The lowest BCUT2D eigenvalue weighted by Crippen LogP contribution is -1.79. The Hall–Kier alpha value is -0.410. The van der Waals surface area contributed by atoms with Crippen molar-refractivity contribution in [2.45, 2.75) is 6.42 Å². The summed E-state index contributed by atoms with van der Waals surface area (Å²) in [6, 6.07) is 0. The molecule has 0 amide bonds. The Bertz CT molecular complexity index is 210. The van der Waals surface area contributed by atoms with Crippen LogP contribution >= 0.6 is 22.9 Å². The number of carbonyl (C=O) groups excluding carboxylic acids is 1. The summed E-state index contributed by atoms with van der Waals surface area (Å²) < 4.78 is 0. The fourth-order valence-corrected chi connectivity index (χ4v) is 1.38. The summed E-state index contributed by atoms with van der Waals surface area (Å²) in [5.41, 5.74) is 1.63. The number of hydrogen-bond donors (Lipinski definition) is 0. The van der Waals surface area contributed by atoms with Crippen LogP contribution in [0.5, 0.6) is 0 Å². The highest BCUT2D eigenvalue weighted by molar-refractivity contribution is 7.10. The minimum absolute atomic E-state index is 0.378. The van der Waals surface area contributed by atoms with E-state index in [2.05, 4.69) is 4.98 Å². The molecule has 0 aliphatic rings. The second-order valence-corrected chi connectivity index (χ2v) is 2.73. The molecule has 0 fully saturated rings. The monoisotopic (exact) mass is 161 g/mol. The van der Waals surface area contributed by atoms with Gasteiger partial charge >= 0.3 is 0 Å². The van der Waals surface area contributed by atoms with Crippen LogP contribution in [0.25, 0.3) is 0 Å². The highest BCUT2D eigenvalue weighted by atomic mass is 35.5. The van der Waals surface area contributed by atoms with Gasteiger partial charge in [-0.1, -0.05) is 11.6 Å². The second kappa shape index (κ2) is 2.94. The summed E-state index contributed by atoms with van der Waals surface area (Å²) in [7, 11) is 0. The molecule has 1 rings (SSSR count). The fourth-order valence-electron chi connectivity index (χ4n) is 0.465. The normalized spacial score (nSPS) is 9.44. The van der Waals surface area contributed by atoms with Gasteiger partial charge in [0.15, 0.2) is 0 Å². The lowest BCUT2D eigenvalue weighted by atomic mass is 10.4. The number of nitrogens with zero attached hydrogens (tertiary/aromatic N) is 1. The summed E-state index contributed by atoms with van der Waals surface area (Å²) >= 11 is 6.96. The van der Waals surface area contributed by atoms with Crippen molar-refractivity contribution in [2.24, 2.45) is 0 Å². The standard InChI is InChI=1S/C5H4ClNOS/c6-5-4(1-2-8)9-3-7-5/h2-3H,1H2. The van der Waals surface area contributed by atoms with Crippen molar-refractivity contribution in [3.63, 3.8) is 0 Å². The minimum atomic E-state index is 0.378. The van der Waals surface area contributed by atoms with Crippen molar-refractivity contribution in [3.8, 4) is 0 Å². The van der Waals surface area contributed by atoms with E-state index >= 15 is 0 Å².